The third-order valence-corrected chi connectivity index (χ3v) is 3.70. The molecular weight excluding hydrogens is 423 g/mol. The van der Waals surface area contributed by atoms with E-state index in [1.807, 2.05) is 0 Å². The van der Waals surface area contributed by atoms with E-state index in [-0.39, 0.29) is 0 Å². The first-order valence-electron chi connectivity index (χ1n) is 6.69. The predicted molar refractivity (Wildman–Crippen MR) is 83.0 cm³/mol. The Labute approximate surface area is 154 Å². The Balaban J connectivity index is 2.32. The molecule has 27 heavy (non-hydrogen) atoms. The van der Waals surface area contributed by atoms with Crippen LogP contribution in [0.15, 0.2) is 24.4 Å². The Morgan fingerprint density at radius 1 is 1.19 bits per heavy atom. The largest absolute Gasteiger partial charge is 0.452 e. The summed E-state index contributed by atoms with van der Waals surface area (Å²) in [6, 6.07) is 1.47. The van der Waals surface area contributed by atoms with Gasteiger partial charge in [0.15, 0.2) is 17.3 Å². The van der Waals surface area contributed by atoms with E-state index in [0.29, 0.717) is 30.7 Å². The molecule has 0 unspecified atom stereocenters. The van der Waals surface area contributed by atoms with Crippen molar-refractivity contribution >= 4 is 27.5 Å². The Kier molecular flexibility index (Phi) is 5.61. The summed E-state index contributed by atoms with van der Waals surface area (Å²) in [5.74, 6) is -5.26. The molecule has 1 aromatic heterocycles. The topological polar surface area (TPSA) is 85.4 Å². The molecular formula is C14H8ClF5N2O4S. The number of hydrogen-bond donors (Lipinski definition) is 1. The van der Waals surface area contributed by atoms with Crippen LogP contribution < -0.4 is 9.46 Å². The van der Waals surface area contributed by atoms with Crippen LogP contribution in [0, 0.1) is 11.6 Å². The molecule has 1 aromatic carbocycles. The van der Waals surface area contributed by atoms with Gasteiger partial charge in [0.25, 0.3) is 5.91 Å². The van der Waals surface area contributed by atoms with Crippen LogP contribution in [-0.4, -0.2) is 25.6 Å². The number of amides is 1. The fraction of sp³-hybridized carbons (Fsp3) is 0.143. The number of alkyl halides is 3. The third-order valence-electron chi connectivity index (χ3n) is 2.86. The number of pyridine rings is 1. The average Bonchev–Trinajstić information content (AvgIpc) is 2.47. The van der Waals surface area contributed by atoms with Crippen LogP contribution in [0.5, 0.6) is 11.5 Å². The van der Waals surface area contributed by atoms with E-state index in [1.165, 1.54) is 4.72 Å². The van der Waals surface area contributed by atoms with Crippen LogP contribution in [-0.2, 0) is 16.2 Å². The number of aromatic nitrogens is 1. The van der Waals surface area contributed by atoms with Crippen LogP contribution in [0.2, 0.25) is 5.02 Å². The van der Waals surface area contributed by atoms with E-state index in [4.69, 9.17) is 16.3 Å². The second-order valence-electron chi connectivity index (χ2n) is 5.07. The number of benzene rings is 1. The maximum Gasteiger partial charge on any atom is 0.434 e. The summed E-state index contributed by atoms with van der Waals surface area (Å²) in [4.78, 5) is 14.7. The average molecular weight is 431 g/mol. The Hall–Kier alpha value is -2.47. The van der Waals surface area contributed by atoms with Crippen molar-refractivity contribution in [2.45, 2.75) is 6.18 Å². The van der Waals surface area contributed by atoms with E-state index in [2.05, 4.69) is 4.98 Å². The molecule has 13 heteroatoms. The lowest BCUT2D eigenvalue weighted by atomic mass is 10.2. The number of ether oxygens (including phenoxy) is 1. The van der Waals surface area contributed by atoms with Crippen molar-refractivity contribution < 1.29 is 39.9 Å². The fourth-order valence-corrected chi connectivity index (χ4v) is 2.53. The smallest absolute Gasteiger partial charge is 0.434 e. The first kappa shape index (κ1) is 20.8. The molecule has 0 saturated carbocycles. The normalized spacial score (nSPS) is 12.0. The molecule has 146 valence electrons. The molecule has 1 amide bonds. The van der Waals surface area contributed by atoms with E-state index in [9.17, 15) is 35.2 Å². The lowest BCUT2D eigenvalue weighted by Gasteiger charge is -2.11. The molecule has 0 spiro atoms. The van der Waals surface area contributed by atoms with Crippen molar-refractivity contribution in [1.82, 2.24) is 9.71 Å². The number of nitrogens with zero attached hydrogens (tertiary/aromatic N) is 1. The predicted octanol–water partition coefficient (Wildman–Crippen LogP) is 3.51. The van der Waals surface area contributed by atoms with Crippen molar-refractivity contribution in [3.63, 3.8) is 0 Å². The van der Waals surface area contributed by atoms with Gasteiger partial charge in [0.1, 0.15) is 11.6 Å². The summed E-state index contributed by atoms with van der Waals surface area (Å²) in [6.07, 6.45) is -3.59. The van der Waals surface area contributed by atoms with Crippen LogP contribution in [0.4, 0.5) is 22.0 Å². The minimum Gasteiger partial charge on any atom is -0.452 e. The lowest BCUT2D eigenvalue weighted by Crippen LogP contribution is -2.30. The summed E-state index contributed by atoms with van der Waals surface area (Å²) in [5.41, 5.74) is -2.31. The first-order chi connectivity index (χ1) is 12.3. The molecule has 0 aliphatic carbocycles. The second-order valence-corrected chi connectivity index (χ2v) is 7.22. The molecule has 6 nitrogen and oxygen atoms in total. The van der Waals surface area contributed by atoms with E-state index in [1.54, 1.807) is 0 Å². The number of carbonyl (C=O) groups excluding carboxylic acids is 1. The maximum absolute atomic E-state index is 14.0. The van der Waals surface area contributed by atoms with Crippen molar-refractivity contribution in [2.24, 2.45) is 0 Å². The van der Waals surface area contributed by atoms with Crippen LogP contribution in [0.3, 0.4) is 0 Å². The van der Waals surface area contributed by atoms with Crippen molar-refractivity contribution in [3.8, 4) is 11.5 Å². The molecule has 0 fully saturated rings. The highest BCUT2D eigenvalue weighted by atomic mass is 35.5. The lowest BCUT2D eigenvalue weighted by molar-refractivity contribution is -0.141. The number of carbonyl (C=O) groups is 1. The van der Waals surface area contributed by atoms with E-state index >= 15 is 0 Å². The van der Waals surface area contributed by atoms with Gasteiger partial charge in [0.05, 0.1) is 23.0 Å². The zero-order chi connectivity index (χ0) is 20.6. The number of halogens is 6. The number of nitrogens with one attached hydrogen (secondary N) is 1. The fourth-order valence-electron chi connectivity index (χ4n) is 1.82. The zero-order valence-electron chi connectivity index (χ0n) is 13.1. The number of rotatable bonds is 4. The maximum atomic E-state index is 14.0. The van der Waals surface area contributed by atoms with Gasteiger partial charge in [-0.3, -0.25) is 4.79 Å². The summed E-state index contributed by atoms with van der Waals surface area (Å²) in [6.45, 7) is 0. The van der Waals surface area contributed by atoms with Crippen molar-refractivity contribution in [2.75, 3.05) is 6.26 Å². The first-order valence-corrected chi connectivity index (χ1v) is 8.96. The van der Waals surface area contributed by atoms with Gasteiger partial charge in [-0.25, -0.2) is 26.9 Å². The minimum atomic E-state index is -4.82. The third kappa shape index (κ3) is 5.26. The highest BCUT2D eigenvalue weighted by Crippen LogP contribution is 2.35. The van der Waals surface area contributed by atoms with Gasteiger partial charge in [0, 0.05) is 12.1 Å². The summed E-state index contributed by atoms with van der Waals surface area (Å²) >= 11 is 5.44. The quantitative estimate of drug-likeness (QED) is 0.750. The van der Waals surface area contributed by atoms with E-state index < -0.39 is 61.5 Å². The molecule has 0 aliphatic heterocycles. The monoisotopic (exact) mass is 430 g/mol. The molecule has 0 radical (unpaired) electrons. The molecule has 2 rings (SSSR count). The second kappa shape index (κ2) is 7.27. The highest BCUT2D eigenvalue weighted by Gasteiger charge is 2.35. The number of sulfonamides is 1. The summed E-state index contributed by atoms with van der Waals surface area (Å²) in [5, 5.41) is -0.829. The molecule has 0 aliphatic rings. The van der Waals surface area contributed by atoms with Gasteiger partial charge in [0.2, 0.25) is 10.0 Å². The molecule has 1 heterocycles. The van der Waals surface area contributed by atoms with Gasteiger partial charge < -0.3 is 4.74 Å². The van der Waals surface area contributed by atoms with Gasteiger partial charge in [-0.05, 0) is 6.07 Å². The van der Waals surface area contributed by atoms with Gasteiger partial charge in [-0.2, -0.15) is 13.2 Å². The SMILES string of the molecule is CS(=O)(=O)NC(=O)c1cc(F)c(Oc2cnc(C(F)(F)F)c(Cl)c2)cc1F. The minimum absolute atomic E-state index is 0.365. The van der Waals surface area contributed by atoms with Crippen LogP contribution in [0.1, 0.15) is 16.1 Å². The van der Waals surface area contributed by atoms with Gasteiger partial charge in [-0.1, -0.05) is 11.6 Å². The van der Waals surface area contributed by atoms with Gasteiger partial charge in [-0.15, -0.1) is 0 Å². The summed E-state index contributed by atoms with van der Waals surface area (Å²) in [7, 11) is -4.02. The molecule has 0 bridgehead atoms. The molecule has 0 atom stereocenters. The summed E-state index contributed by atoms with van der Waals surface area (Å²) < 4.78 is 94.0. The zero-order valence-corrected chi connectivity index (χ0v) is 14.6. The Bertz CT molecular complexity index is 1010. The molecule has 2 aromatic rings. The standard InChI is InChI=1S/C14H8ClF5N2O4S/c1-27(24,25)22-13(23)7-3-10(17)11(4-9(7)16)26-6-2-8(15)12(21-5-6)14(18,19)20/h2-5H,1H3,(H,22,23). The van der Waals surface area contributed by atoms with Gasteiger partial charge >= 0.3 is 6.18 Å². The Morgan fingerprint density at radius 3 is 2.33 bits per heavy atom. The number of hydrogen-bond acceptors (Lipinski definition) is 5. The van der Waals surface area contributed by atoms with Crippen LogP contribution >= 0.6 is 11.6 Å². The van der Waals surface area contributed by atoms with E-state index in [0.717, 1.165) is 0 Å². The van der Waals surface area contributed by atoms with Crippen molar-refractivity contribution in [3.05, 3.63) is 52.3 Å². The molecule has 1 N–H and O–H groups in total. The van der Waals surface area contributed by atoms with Crippen LogP contribution in [0.25, 0.3) is 0 Å². The Morgan fingerprint density at radius 2 is 1.81 bits per heavy atom. The van der Waals surface area contributed by atoms with Crippen molar-refractivity contribution in [1.29, 1.82) is 0 Å². The highest BCUT2D eigenvalue weighted by molar-refractivity contribution is 7.89. The molecule has 0 saturated heterocycles.